The summed E-state index contributed by atoms with van der Waals surface area (Å²) in [5.74, 6) is 0.524. The number of hydrogen-bond acceptors (Lipinski definition) is 7. The molecule has 3 rings (SSSR count). The van der Waals surface area contributed by atoms with Gasteiger partial charge in [-0.15, -0.1) is 0 Å². The summed E-state index contributed by atoms with van der Waals surface area (Å²) in [6, 6.07) is 5.33. The monoisotopic (exact) mass is 342 g/mol. The van der Waals surface area contributed by atoms with Crippen LogP contribution in [0.3, 0.4) is 0 Å². The number of nitrogen functional groups attached to an aromatic ring is 1. The van der Waals surface area contributed by atoms with Crippen LogP contribution < -0.4 is 20.8 Å². The first kappa shape index (κ1) is 16.7. The van der Waals surface area contributed by atoms with Crippen molar-refractivity contribution in [1.29, 1.82) is 0 Å². The highest BCUT2D eigenvalue weighted by Crippen LogP contribution is 2.25. The molecule has 0 aliphatic rings. The van der Waals surface area contributed by atoms with Gasteiger partial charge in [0.1, 0.15) is 12.3 Å². The fourth-order valence-corrected chi connectivity index (χ4v) is 2.36. The van der Waals surface area contributed by atoms with E-state index in [1.54, 1.807) is 31.6 Å². The number of methoxy groups -OCH3 is 2. The maximum absolute atomic E-state index is 12.6. The summed E-state index contributed by atoms with van der Waals surface area (Å²) < 4.78 is 16.8. The first-order valence-electron chi connectivity index (χ1n) is 7.57. The smallest absolute Gasteiger partial charge is 0.300 e. The summed E-state index contributed by atoms with van der Waals surface area (Å²) in [7, 11) is 3.07. The van der Waals surface area contributed by atoms with Crippen molar-refractivity contribution in [1.82, 2.24) is 14.4 Å². The molecule has 3 heterocycles. The van der Waals surface area contributed by atoms with Gasteiger partial charge in [0.05, 0.1) is 25.6 Å². The van der Waals surface area contributed by atoms with E-state index in [-0.39, 0.29) is 17.9 Å². The molecular weight excluding hydrogens is 324 g/mol. The molecule has 130 valence electrons. The van der Waals surface area contributed by atoms with Crippen molar-refractivity contribution in [3.63, 3.8) is 0 Å². The fourth-order valence-electron chi connectivity index (χ4n) is 2.36. The number of anilines is 1. The summed E-state index contributed by atoms with van der Waals surface area (Å²) >= 11 is 0. The average molecular weight is 342 g/mol. The second-order valence-corrected chi connectivity index (χ2v) is 5.24. The Morgan fingerprint density at radius 2 is 1.96 bits per heavy atom. The summed E-state index contributed by atoms with van der Waals surface area (Å²) in [6.07, 6.45) is 4.73. The summed E-state index contributed by atoms with van der Waals surface area (Å²) in [6.45, 7) is 0.664. The predicted octanol–water partition coefficient (Wildman–Crippen LogP) is 1.37. The van der Waals surface area contributed by atoms with Crippen LogP contribution in [0.25, 0.3) is 16.8 Å². The minimum atomic E-state index is -0.294. The normalized spacial score (nSPS) is 10.8. The van der Waals surface area contributed by atoms with Crippen molar-refractivity contribution in [2.45, 2.75) is 0 Å². The van der Waals surface area contributed by atoms with E-state index in [9.17, 15) is 4.79 Å². The van der Waals surface area contributed by atoms with E-state index in [0.717, 1.165) is 11.1 Å². The Labute approximate surface area is 143 Å². The number of hydrogen-bond donors (Lipinski definition) is 1. The molecule has 0 aliphatic heterocycles. The third-order valence-electron chi connectivity index (χ3n) is 3.62. The molecule has 0 unspecified atom stereocenters. The molecule has 0 spiro atoms. The van der Waals surface area contributed by atoms with E-state index in [4.69, 9.17) is 19.9 Å². The van der Waals surface area contributed by atoms with E-state index in [1.165, 1.54) is 17.7 Å². The van der Waals surface area contributed by atoms with Gasteiger partial charge in [-0.2, -0.15) is 0 Å². The van der Waals surface area contributed by atoms with E-state index in [2.05, 4.69) is 9.97 Å². The lowest BCUT2D eigenvalue weighted by Crippen LogP contribution is -2.19. The summed E-state index contributed by atoms with van der Waals surface area (Å²) in [5, 5.41) is 0. The van der Waals surface area contributed by atoms with Crippen LogP contribution in [0.5, 0.6) is 11.6 Å². The first-order valence-corrected chi connectivity index (χ1v) is 7.57. The first-order chi connectivity index (χ1) is 12.1. The van der Waals surface area contributed by atoms with E-state index >= 15 is 0 Å². The van der Waals surface area contributed by atoms with Gasteiger partial charge in [0.15, 0.2) is 0 Å². The Morgan fingerprint density at radius 3 is 2.68 bits per heavy atom. The van der Waals surface area contributed by atoms with Crippen LogP contribution in [-0.2, 0) is 4.74 Å². The Kier molecular flexibility index (Phi) is 4.80. The lowest BCUT2D eigenvalue weighted by Gasteiger charge is -2.09. The molecule has 8 heteroatoms. The number of aromatic nitrogens is 3. The van der Waals surface area contributed by atoms with Gasteiger partial charge in [-0.1, -0.05) is 0 Å². The lowest BCUT2D eigenvalue weighted by molar-refractivity contribution is 0.145. The quantitative estimate of drug-likeness (QED) is 0.675. The molecule has 0 atom stereocenters. The van der Waals surface area contributed by atoms with Crippen molar-refractivity contribution in [2.75, 3.05) is 33.2 Å². The average Bonchev–Trinajstić information content (AvgIpc) is 2.63. The van der Waals surface area contributed by atoms with Crippen LogP contribution >= 0.6 is 0 Å². The molecule has 0 saturated heterocycles. The van der Waals surface area contributed by atoms with Crippen LogP contribution in [0.4, 0.5) is 5.69 Å². The molecule has 25 heavy (non-hydrogen) atoms. The van der Waals surface area contributed by atoms with Crippen molar-refractivity contribution in [3.05, 3.63) is 47.1 Å². The molecule has 0 bridgehead atoms. The van der Waals surface area contributed by atoms with Gasteiger partial charge < -0.3 is 19.9 Å². The number of ether oxygens (including phenoxy) is 3. The Balaban J connectivity index is 2.02. The maximum Gasteiger partial charge on any atom is 0.300 e. The van der Waals surface area contributed by atoms with Crippen LogP contribution in [0.15, 0.2) is 41.6 Å². The fraction of sp³-hybridized carbons (Fsp3) is 0.235. The van der Waals surface area contributed by atoms with E-state index in [1.807, 2.05) is 6.07 Å². The minimum absolute atomic E-state index is 0.166. The Morgan fingerprint density at radius 1 is 1.12 bits per heavy atom. The van der Waals surface area contributed by atoms with Crippen LogP contribution in [0.2, 0.25) is 0 Å². The zero-order chi connectivity index (χ0) is 17.8. The molecule has 0 amide bonds. The van der Waals surface area contributed by atoms with Gasteiger partial charge >= 0.3 is 0 Å². The van der Waals surface area contributed by atoms with Crippen LogP contribution in [0, 0.1) is 0 Å². The summed E-state index contributed by atoms with van der Waals surface area (Å²) in [4.78, 5) is 21.0. The SMILES string of the molecule is COCCOc1cnc2ccc(-c3cnc(OC)c(N)c3)cn2c1=O. The van der Waals surface area contributed by atoms with Gasteiger partial charge in [0.25, 0.3) is 5.56 Å². The Bertz CT molecular complexity index is 955. The van der Waals surface area contributed by atoms with E-state index in [0.29, 0.717) is 23.8 Å². The topological polar surface area (TPSA) is 101 Å². The minimum Gasteiger partial charge on any atom is -0.484 e. The molecule has 0 aromatic carbocycles. The lowest BCUT2D eigenvalue weighted by atomic mass is 10.1. The van der Waals surface area contributed by atoms with Gasteiger partial charge in [-0.05, 0) is 18.2 Å². The molecule has 3 aromatic rings. The van der Waals surface area contributed by atoms with E-state index < -0.39 is 0 Å². The standard InChI is InChI=1S/C17H18N4O4/c1-23-5-6-25-14-9-19-15-4-3-11(10-21(15)17(14)22)12-7-13(18)16(24-2)20-8-12/h3-4,7-10H,5-6,18H2,1-2H3. The third kappa shape index (κ3) is 3.38. The molecule has 0 fully saturated rings. The summed E-state index contributed by atoms with van der Waals surface area (Å²) in [5.41, 5.74) is 8.08. The molecule has 2 N–H and O–H groups in total. The van der Waals surface area contributed by atoms with Gasteiger partial charge in [-0.3, -0.25) is 9.20 Å². The number of nitrogens with zero attached hydrogens (tertiary/aromatic N) is 3. The second kappa shape index (κ2) is 7.18. The molecule has 8 nitrogen and oxygen atoms in total. The largest absolute Gasteiger partial charge is 0.484 e. The van der Waals surface area contributed by atoms with Gasteiger partial charge in [-0.25, -0.2) is 9.97 Å². The molecule has 0 aliphatic carbocycles. The zero-order valence-electron chi connectivity index (χ0n) is 13.9. The van der Waals surface area contributed by atoms with Crippen molar-refractivity contribution >= 4 is 11.3 Å². The zero-order valence-corrected chi connectivity index (χ0v) is 13.9. The third-order valence-corrected chi connectivity index (χ3v) is 3.62. The van der Waals surface area contributed by atoms with Crippen LogP contribution in [0.1, 0.15) is 0 Å². The molecular formula is C17H18N4O4. The van der Waals surface area contributed by atoms with Crippen molar-refractivity contribution in [2.24, 2.45) is 0 Å². The Hall–Kier alpha value is -3.13. The molecule has 3 aromatic heterocycles. The van der Waals surface area contributed by atoms with Crippen molar-refractivity contribution < 1.29 is 14.2 Å². The highest BCUT2D eigenvalue weighted by Gasteiger charge is 2.09. The predicted molar refractivity (Wildman–Crippen MR) is 93.0 cm³/mol. The number of nitrogens with two attached hydrogens (primary N) is 1. The van der Waals surface area contributed by atoms with Crippen molar-refractivity contribution in [3.8, 4) is 22.8 Å². The number of pyridine rings is 2. The highest BCUT2D eigenvalue weighted by atomic mass is 16.5. The van der Waals surface area contributed by atoms with Gasteiger partial charge in [0, 0.05) is 30.6 Å². The second-order valence-electron chi connectivity index (χ2n) is 5.24. The van der Waals surface area contributed by atoms with Crippen LogP contribution in [-0.4, -0.2) is 41.8 Å². The molecule has 0 saturated carbocycles. The van der Waals surface area contributed by atoms with Gasteiger partial charge in [0.2, 0.25) is 11.6 Å². The molecule has 0 radical (unpaired) electrons. The number of fused-ring (bicyclic) bond motifs is 1. The number of rotatable bonds is 6. The highest BCUT2D eigenvalue weighted by molar-refractivity contribution is 5.69. The maximum atomic E-state index is 12.6.